The van der Waals surface area contributed by atoms with Crippen molar-refractivity contribution in [3.63, 3.8) is 0 Å². The van der Waals surface area contributed by atoms with E-state index in [0.717, 1.165) is 36.4 Å². The van der Waals surface area contributed by atoms with Crippen molar-refractivity contribution in [3.8, 4) is 0 Å². The standard InChI is InChI=1S/C16H13F6N3O/c17-15(18,19)11-5-3-10(4-6-11)14(26)25-9-8-24-13-12(16(20,21)22)2-1-7-23-13/h1-7H,8-9H2,(H,23,24)(H,25,26). The molecule has 2 rings (SSSR count). The SMILES string of the molecule is O=C(NCCNc1ncccc1C(F)(F)F)c1ccc(C(F)(F)F)cc1. The minimum atomic E-state index is -4.57. The van der Waals surface area contributed by atoms with Crippen molar-refractivity contribution in [3.05, 3.63) is 59.3 Å². The first kappa shape index (κ1) is 19.5. The second-order valence-electron chi connectivity index (χ2n) is 5.16. The number of hydrogen-bond donors (Lipinski definition) is 2. The Balaban J connectivity index is 1.88. The first-order chi connectivity index (χ1) is 12.1. The molecule has 0 unspecified atom stereocenters. The number of anilines is 1. The van der Waals surface area contributed by atoms with Crippen molar-refractivity contribution in [2.45, 2.75) is 12.4 Å². The summed E-state index contributed by atoms with van der Waals surface area (Å²) in [6.07, 6.45) is -7.88. The number of amides is 1. The number of halogens is 6. The van der Waals surface area contributed by atoms with Crippen LogP contribution in [0.2, 0.25) is 0 Å². The monoisotopic (exact) mass is 377 g/mol. The Hall–Kier alpha value is -2.78. The molecule has 1 heterocycles. The molecule has 2 N–H and O–H groups in total. The van der Waals surface area contributed by atoms with Gasteiger partial charge in [0.1, 0.15) is 5.82 Å². The van der Waals surface area contributed by atoms with E-state index in [-0.39, 0.29) is 24.5 Å². The van der Waals surface area contributed by atoms with Gasteiger partial charge in [0, 0.05) is 24.8 Å². The molecule has 0 radical (unpaired) electrons. The van der Waals surface area contributed by atoms with E-state index in [0.29, 0.717) is 0 Å². The molecule has 0 saturated carbocycles. The predicted molar refractivity (Wildman–Crippen MR) is 81.5 cm³/mol. The van der Waals surface area contributed by atoms with Crippen LogP contribution in [0.15, 0.2) is 42.6 Å². The molecule has 0 saturated heterocycles. The predicted octanol–water partition coefficient (Wildman–Crippen LogP) is 3.96. The topological polar surface area (TPSA) is 54.0 Å². The minimum Gasteiger partial charge on any atom is -0.368 e. The Morgan fingerprint density at radius 2 is 1.58 bits per heavy atom. The van der Waals surface area contributed by atoms with Gasteiger partial charge in [-0.25, -0.2) is 4.98 Å². The van der Waals surface area contributed by atoms with E-state index < -0.39 is 29.4 Å². The van der Waals surface area contributed by atoms with Crippen LogP contribution in [0.1, 0.15) is 21.5 Å². The highest BCUT2D eigenvalue weighted by molar-refractivity contribution is 5.94. The molecular formula is C16H13F6N3O. The number of hydrogen-bond acceptors (Lipinski definition) is 3. The molecule has 0 spiro atoms. The summed E-state index contributed by atoms with van der Waals surface area (Å²) in [6.45, 7) is -0.0970. The quantitative estimate of drug-likeness (QED) is 0.613. The molecule has 2 aromatic rings. The van der Waals surface area contributed by atoms with Crippen LogP contribution in [-0.2, 0) is 12.4 Å². The van der Waals surface area contributed by atoms with Gasteiger partial charge in [-0.1, -0.05) is 0 Å². The molecule has 26 heavy (non-hydrogen) atoms. The van der Waals surface area contributed by atoms with Gasteiger partial charge in [0.25, 0.3) is 5.91 Å². The van der Waals surface area contributed by atoms with E-state index in [4.69, 9.17) is 0 Å². The van der Waals surface area contributed by atoms with Gasteiger partial charge in [0.05, 0.1) is 11.1 Å². The first-order valence-electron chi connectivity index (χ1n) is 7.30. The number of rotatable bonds is 5. The summed E-state index contributed by atoms with van der Waals surface area (Å²) in [5.41, 5.74) is -1.81. The zero-order valence-electron chi connectivity index (χ0n) is 13.1. The van der Waals surface area contributed by atoms with Gasteiger partial charge in [-0.2, -0.15) is 26.3 Å². The Bertz CT molecular complexity index is 756. The molecule has 140 valence electrons. The fourth-order valence-corrected chi connectivity index (χ4v) is 2.04. The zero-order chi connectivity index (χ0) is 19.4. The highest BCUT2D eigenvalue weighted by atomic mass is 19.4. The molecule has 0 atom stereocenters. The normalized spacial score (nSPS) is 11.9. The zero-order valence-corrected chi connectivity index (χ0v) is 13.1. The summed E-state index contributed by atoms with van der Waals surface area (Å²) in [4.78, 5) is 15.4. The lowest BCUT2D eigenvalue weighted by Crippen LogP contribution is -2.29. The third-order valence-corrected chi connectivity index (χ3v) is 3.29. The third-order valence-electron chi connectivity index (χ3n) is 3.29. The third kappa shape index (κ3) is 5.11. The minimum absolute atomic E-state index is 0.00631. The molecular weight excluding hydrogens is 364 g/mol. The highest BCUT2D eigenvalue weighted by Gasteiger charge is 2.34. The Morgan fingerprint density at radius 3 is 2.15 bits per heavy atom. The summed E-state index contributed by atoms with van der Waals surface area (Å²) >= 11 is 0. The summed E-state index contributed by atoms with van der Waals surface area (Å²) in [6, 6.07) is 5.61. The van der Waals surface area contributed by atoms with Crippen molar-refractivity contribution in [1.29, 1.82) is 0 Å². The van der Waals surface area contributed by atoms with E-state index in [9.17, 15) is 31.1 Å². The Labute approximate surface area is 144 Å². The summed E-state index contributed by atoms with van der Waals surface area (Å²) in [5, 5.41) is 4.85. The fourth-order valence-electron chi connectivity index (χ4n) is 2.04. The molecule has 0 aliphatic heterocycles. The fraction of sp³-hybridized carbons (Fsp3) is 0.250. The maximum atomic E-state index is 12.8. The summed E-state index contributed by atoms with van der Waals surface area (Å²) < 4.78 is 75.7. The van der Waals surface area contributed by atoms with E-state index in [1.807, 2.05) is 0 Å². The summed E-state index contributed by atoms with van der Waals surface area (Å²) in [5.74, 6) is -1.01. The number of benzene rings is 1. The van der Waals surface area contributed by atoms with Crippen LogP contribution in [0, 0.1) is 0 Å². The Morgan fingerprint density at radius 1 is 0.923 bits per heavy atom. The average molecular weight is 377 g/mol. The number of alkyl halides is 6. The molecule has 0 fully saturated rings. The van der Waals surface area contributed by atoms with Gasteiger partial charge < -0.3 is 10.6 Å². The second-order valence-corrected chi connectivity index (χ2v) is 5.16. The van der Waals surface area contributed by atoms with E-state index in [1.165, 1.54) is 6.20 Å². The van der Waals surface area contributed by atoms with Gasteiger partial charge in [0.15, 0.2) is 0 Å². The number of aromatic nitrogens is 1. The summed E-state index contributed by atoms with van der Waals surface area (Å²) in [7, 11) is 0. The van der Waals surface area contributed by atoms with Crippen molar-refractivity contribution >= 4 is 11.7 Å². The molecule has 4 nitrogen and oxygen atoms in total. The number of pyridine rings is 1. The van der Waals surface area contributed by atoms with Gasteiger partial charge >= 0.3 is 12.4 Å². The van der Waals surface area contributed by atoms with Crippen LogP contribution in [0.4, 0.5) is 32.2 Å². The van der Waals surface area contributed by atoms with Crippen molar-refractivity contribution in [1.82, 2.24) is 10.3 Å². The number of carbonyl (C=O) groups is 1. The number of carbonyl (C=O) groups excluding carboxylic acids is 1. The molecule has 1 amide bonds. The lowest BCUT2D eigenvalue weighted by atomic mass is 10.1. The maximum Gasteiger partial charge on any atom is 0.419 e. The largest absolute Gasteiger partial charge is 0.419 e. The Kier molecular flexibility index (Phi) is 5.73. The molecule has 0 bridgehead atoms. The van der Waals surface area contributed by atoms with Gasteiger partial charge in [0.2, 0.25) is 0 Å². The van der Waals surface area contributed by atoms with Crippen molar-refractivity contribution in [2.75, 3.05) is 18.4 Å². The van der Waals surface area contributed by atoms with E-state index >= 15 is 0 Å². The molecule has 1 aromatic carbocycles. The van der Waals surface area contributed by atoms with Crippen molar-refractivity contribution in [2.24, 2.45) is 0 Å². The lowest BCUT2D eigenvalue weighted by molar-refractivity contribution is -0.138. The van der Waals surface area contributed by atoms with Crippen LogP contribution in [-0.4, -0.2) is 24.0 Å². The average Bonchev–Trinajstić information content (AvgIpc) is 2.57. The van der Waals surface area contributed by atoms with Crippen LogP contribution in [0.5, 0.6) is 0 Å². The first-order valence-corrected chi connectivity index (χ1v) is 7.30. The highest BCUT2D eigenvalue weighted by Crippen LogP contribution is 2.33. The number of nitrogens with zero attached hydrogens (tertiary/aromatic N) is 1. The van der Waals surface area contributed by atoms with Crippen LogP contribution in [0.25, 0.3) is 0 Å². The van der Waals surface area contributed by atoms with Gasteiger partial charge in [-0.05, 0) is 36.4 Å². The second kappa shape index (κ2) is 7.63. The van der Waals surface area contributed by atoms with Crippen LogP contribution in [0.3, 0.4) is 0 Å². The van der Waals surface area contributed by atoms with Crippen LogP contribution >= 0.6 is 0 Å². The molecule has 10 heteroatoms. The van der Waals surface area contributed by atoms with Gasteiger partial charge in [-0.15, -0.1) is 0 Å². The lowest BCUT2D eigenvalue weighted by Gasteiger charge is -2.13. The van der Waals surface area contributed by atoms with Crippen LogP contribution < -0.4 is 10.6 Å². The maximum absolute atomic E-state index is 12.8. The van der Waals surface area contributed by atoms with E-state index in [1.54, 1.807) is 0 Å². The van der Waals surface area contributed by atoms with E-state index in [2.05, 4.69) is 15.6 Å². The van der Waals surface area contributed by atoms with Crippen molar-refractivity contribution < 1.29 is 31.1 Å². The number of nitrogens with one attached hydrogen (secondary N) is 2. The molecule has 0 aliphatic rings. The smallest absolute Gasteiger partial charge is 0.368 e. The molecule has 0 aliphatic carbocycles. The molecule has 1 aromatic heterocycles. The van der Waals surface area contributed by atoms with Gasteiger partial charge in [-0.3, -0.25) is 4.79 Å².